The first-order chi connectivity index (χ1) is 11.9. The van der Waals surface area contributed by atoms with Gasteiger partial charge in [0.25, 0.3) is 0 Å². The van der Waals surface area contributed by atoms with Crippen LogP contribution in [0.3, 0.4) is 0 Å². The van der Waals surface area contributed by atoms with Crippen LogP contribution in [0, 0.1) is 6.92 Å². The van der Waals surface area contributed by atoms with Gasteiger partial charge in [-0.25, -0.2) is 8.42 Å². The lowest BCUT2D eigenvalue weighted by Crippen LogP contribution is -2.07. The minimum atomic E-state index is -2.99. The molecule has 0 saturated heterocycles. The van der Waals surface area contributed by atoms with Crippen LogP contribution in [0.2, 0.25) is 0 Å². The van der Waals surface area contributed by atoms with Crippen LogP contribution in [0.4, 0.5) is 5.69 Å². The fourth-order valence-corrected chi connectivity index (χ4v) is 3.71. The van der Waals surface area contributed by atoms with E-state index in [1.165, 1.54) is 11.8 Å². The highest BCUT2D eigenvalue weighted by molar-refractivity contribution is 7.89. The standard InChI is InChI=1S/C20H22N2O2S/c1-15-13-22-19-6-4-3-5-18(19)20(15)21-12-11-16-7-9-17(10-8-16)14-25(2,23)24/h3-10,13H,11-12,14H2,1-2H3,(H,21,22). The van der Waals surface area contributed by atoms with Gasteiger partial charge in [-0.05, 0) is 36.1 Å². The smallest absolute Gasteiger partial charge is 0.151 e. The van der Waals surface area contributed by atoms with Crippen molar-refractivity contribution in [2.45, 2.75) is 19.1 Å². The Hall–Kier alpha value is -2.40. The molecule has 1 aromatic heterocycles. The summed E-state index contributed by atoms with van der Waals surface area (Å²) >= 11 is 0. The third kappa shape index (κ3) is 4.57. The van der Waals surface area contributed by atoms with Gasteiger partial charge in [0.2, 0.25) is 0 Å². The van der Waals surface area contributed by atoms with Crippen molar-refractivity contribution in [2.75, 3.05) is 18.1 Å². The zero-order valence-corrected chi connectivity index (χ0v) is 15.3. The summed E-state index contributed by atoms with van der Waals surface area (Å²) in [7, 11) is -2.99. The van der Waals surface area contributed by atoms with Crippen LogP contribution in [0.1, 0.15) is 16.7 Å². The van der Waals surface area contributed by atoms with Crippen LogP contribution < -0.4 is 5.32 Å². The van der Waals surface area contributed by atoms with Crippen LogP contribution in [0.5, 0.6) is 0 Å². The maximum absolute atomic E-state index is 11.3. The number of pyridine rings is 1. The van der Waals surface area contributed by atoms with Gasteiger partial charge >= 0.3 is 0 Å². The van der Waals surface area contributed by atoms with Gasteiger partial charge in [-0.15, -0.1) is 0 Å². The van der Waals surface area contributed by atoms with Gasteiger partial charge in [0.1, 0.15) is 0 Å². The summed E-state index contributed by atoms with van der Waals surface area (Å²) < 4.78 is 22.7. The van der Waals surface area contributed by atoms with E-state index in [1.807, 2.05) is 48.7 Å². The van der Waals surface area contributed by atoms with Gasteiger partial charge in [0.05, 0.1) is 11.3 Å². The molecule has 0 spiro atoms. The fourth-order valence-electron chi connectivity index (χ4n) is 2.91. The molecule has 0 aliphatic heterocycles. The second-order valence-electron chi connectivity index (χ2n) is 6.40. The van der Waals surface area contributed by atoms with Crippen molar-refractivity contribution in [1.29, 1.82) is 0 Å². The normalized spacial score (nSPS) is 11.6. The molecule has 0 atom stereocenters. The van der Waals surface area contributed by atoms with Crippen molar-refractivity contribution >= 4 is 26.4 Å². The predicted octanol–water partition coefficient (Wildman–Crippen LogP) is 3.74. The monoisotopic (exact) mass is 354 g/mol. The van der Waals surface area contributed by atoms with Gasteiger partial charge in [0, 0.05) is 30.1 Å². The zero-order chi connectivity index (χ0) is 17.9. The maximum Gasteiger partial charge on any atom is 0.151 e. The highest BCUT2D eigenvalue weighted by Crippen LogP contribution is 2.25. The molecule has 25 heavy (non-hydrogen) atoms. The molecule has 0 fully saturated rings. The van der Waals surface area contributed by atoms with Crippen LogP contribution in [-0.2, 0) is 22.0 Å². The third-order valence-electron chi connectivity index (χ3n) is 4.13. The number of aromatic nitrogens is 1. The first-order valence-corrected chi connectivity index (χ1v) is 10.3. The molecule has 5 heteroatoms. The summed E-state index contributed by atoms with van der Waals surface area (Å²) in [6, 6.07) is 15.9. The molecule has 0 aliphatic rings. The minimum Gasteiger partial charge on any atom is -0.384 e. The number of anilines is 1. The van der Waals surface area contributed by atoms with Gasteiger partial charge in [0.15, 0.2) is 9.84 Å². The lowest BCUT2D eigenvalue weighted by atomic mass is 10.1. The molecule has 1 heterocycles. The summed E-state index contributed by atoms with van der Waals surface area (Å²) in [5, 5.41) is 4.65. The number of benzene rings is 2. The molecule has 130 valence electrons. The fraction of sp³-hybridized carbons (Fsp3) is 0.250. The number of rotatable bonds is 6. The first-order valence-electron chi connectivity index (χ1n) is 8.26. The number of nitrogens with zero attached hydrogens (tertiary/aromatic N) is 1. The summed E-state index contributed by atoms with van der Waals surface area (Å²) in [6.45, 7) is 2.86. The Bertz CT molecular complexity index is 980. The number of sulfone groups is 1. The van der Waals surface area contributed by atoms with E-state index in [0.29, 0.717) is 0 Å². The molecule has 0 bridgehead atoms. The summed E-state index contributed by atoms with van der Waals surface area (Å²) in [6.07, 6.45) is 4.02. The molecule has 3 rings (SSSR count). The predicted molar refractivity (Wildman–Crippen MR) is 104 cm³/mol. The largest absolute Gasteiger partial charge is 0.384 e. The topological polar surface area (TPSA) is 59.1 Å². The molecular weight excluding hydrogens is 332 g/mol. The number of fused-ring (bicyclic) bond motifs is 1. The molecule has 0 amide bonds. The van der Waals surface area contributed by atoms with Crippen molar-refractivity contribution in [2.24, 2.45) is 0 Å². The van der Waals surface area contributed by atoms with Crippen molar-refractivity contribution in [1.82, 2.24) is 4.98 Å². The van der Waals surface area contributed by atoms with Crippen LogP contribution >= 0.6 is 0 Å². The molecular formula is C20H22N2O2S. The summed E-state index contributed by atoms with van der Waals surface area (Å²) in [4.78, 5) is 4.46. The average Bonchev–Trinajstić information content (AvgIpc) is 2.57. The molecule has 0 aliphatic carbocycles. The lowest BCUT2D eigenvalue weighted by molar-refractivity contribution is 0.601. The van der Waals surface area contributed by atoms with Crippen LogP contribution in [-0.4, -0.2) is 26.2 Å². The van der Waals surface area contributed by atoms with Gasteiger partial charge < -0.3 is 5.32 Å². The van der Waals surface area contributed by atoms with Crippen LogP contribution in [0.15, 0.2) is 54.7 Å². The molecule has 4 nitrogen and oxygen atoms in total. The van der Waals surface area contributed by atoms with E-state index in [9.17, 15) is 8.42 Å². The van der Waals surface area contributed by atoms with E-state index < -0.39 is 9.84 Å². The van der Waals surface area contributed by atoms with Crippen molar-refractivity contribution in [3.63, 3.8) is 0 Å². The SMILES string of the molecule is Cc1cnc2ccccc2c1NCCc1ccc(CS(C)(=O)=O)cc1. The number of hydrogen-bond acceptors (Lipinski definition) is 4. The Balaban J connectivity index is 1.66. The quantitative estimate of drug-likeness (QED) is 0.732. The van der Waals surface area contributed by atoms with Gasteiger partial charge in [-0.2, -0.15) is 0 Å². The number of hydrogen-bond donors (Lipinski definition) is 1. The van der Waals surface area contributed by atoms with Crippen LogP contribution in [0.25, 0.3) is 10.9 Å². The Kier molecular flexibility index (Phi) is 5.04. The summed E-state index contributed by atoms with van der Waals surface area (Å²) in [5.74, 6) is 0.0910. The van der Waals surface area contributed by atoms with Gasteiger partial charge in [-0.1, -0.05) is 42.5 Å². The Morgan fingerprint density at radius 1 is 1.00 bits per heavy atom. The highest BCUT2D eigenvalue weighted by Gasteiger charge is 2.06. The zero-order valence-electron chi connectivity index (χ0n) is 14.5. The van der Waals surface area contributed by atoms with E-state index in [1.54, 1.807) is 0 Å². The molecule has 0 radical (unpaired) electrons. The number of para-hydroxylation sites is 1. The average molecular weight is 354 g/mol. The first kappa shape index (κ1) is 17.4. The van der Waals surface area contributed by atoms with E-state index >= 15 is 0 Å². The molecule has 3 aromatic rings. The van der Waals surface area contributed by atoms with E-state index in [-0.39, 0.29) is 5.75 Å². The Labute approximate surface area is 148 Å². The molecule has 0 unspecified atom stereocenters. The van der Waals surface area contributed by atoms with E-state index in [4.69, 9.17) is 0 Å². The summed E-state index contributed by atoms with van der Waals surface area (Å²) in [5.41, 5.74) is 5.25. The van der Waals surface area contributed by atoms with Crippen molar-refractivity contribution in [3.05, 3.63) is 71.4 Å². The second kappa shape index (κ2) is 7.23. The third-order valence-corrected chi connectivity index (χ3v) is 4.99. The maximum atomic E-state index is 11.3. The highest BCUT2D eigenvalue weighted by atomic mass is 32.2. The van der Waals surface area contributed by atoms with E-state index in [2.05, 4.69) is 23.3 Å². The molecule has 1 N–H and O–H groups in total. The van der Waals surface area contributed by atoms with Crippen molar-refractivity contribution in [3.8, 4) is 0 Å². The number of nitrogens with one attached hydrogen (secondary N) is 1. The lowest BCUT2D eigenvalue weighted by Gasteiger charge is -2.12. The Morgan fingerprint density at radius 2 is 1.68 bits per heavy atom. The van der Waals surface area contributed by atoms with Crippen molar-refractivity contribution < 1.29 is 8.42 Å². The minimum absolute atomic E-state index is 0.0910. The van der Waals surface area contributed by atoms with E-state index in [0.717, 1.165) is 40.7 Å². The molecule has 0 saturated carbocycles. The number of aryl methyl sites for hydroxylation is 1. The molecule has 2 aromatic carbocycles. The van der Waals surface area contributed by atoms with Gasteiger partial charge in [-0.3, -0.25) is 4.98 Å². The second-order valence-corrected chi connectivity index (χ2v) is 8.54. The Morgan fingerprint density at radius 3 is 2.40 bits per heavy atom.